The lowest BCUT2D eigenvalue weighted by Gasteiger charge is -2.35. The number of unbranched alkanes of at least 4 members (excludes halogenated alkanes) is 4. The van der Waals surface area contributed by atoms with E-state index in [1.807, 2.05) is 4.90 Å². The fourth-order valence-corrected chi connectivity index (χ4v) is 6.57. The van der Waals surface area contributed by atoms with Gasteiger partial charge in [-0.1, -0.05) is 67.9 Å². The van der Waals surface area contributed by atoms with Gasteiger partial charge in [0.15, 0.2) is 0 Å². The van der Waals surface area contributed by atoms with Crippen LogP contribution in [0, 0.1) is 5.82 Å². The highest BCUT2D eigenvalue weighted by Crippen LogP contribution is 2.28. The SMILES string of the molecule is CCCCCCCC(=O)N(CCN1CCN(S(=O)(=O)c2cc(Cl)ccc2Cl)CC1)Cc1ccc(F)cc1. The topological polar surface area (TPSA) is 60.9 Å². The molecule has 10 heteroatoms. The lowest BCUT2D eigenvalue weighted by molar-refractivity contribution is -0.132. The van der Waals surface area contributed by atoms with Crippen LogP contribution < -0.4 is 0 Å². The van der Waals surface area contributed by atoms with Crippen molar-refractivity contribution < 1.29 is 17.6 Å². The molecule has 1 aliphatic rings. The molecule has 2 aromatic carbocycles. The zero-order chi connectivity index (χ0) is 26.8. The van der Waals surface area contributed by atoms with Crippen molar-refractivity contribution in [3.05, 3.63) is 63.9 Å². The Bertz CT molecular complexity index is 1120. The molecular weight excluding hydrogens is 536 g/mol. The van der Waals surface area contributed by atoms with Gasteiger partial charge in [-0.2, -0.15) is 4.31 Å². The summed E-state index contributed by atoms with van der Waals surface area (Å²) in [4.78, 5) is 17.1. The third-order valence-electron chi connectivity index (χ3n) is 6.66. The molecule has 0 atom stereocenters. The monoisotopic (exact) mass is 571 g/mol. The summed E-state index contributed by atoms with van der Waals surface area (Å²) >= 11 is 12.1. The molecule has 3 rings (SSSR count). The molecule has 37 heavy (non-hydrogen) atoms. The van der Waals surface area contributed by atoms with Crippen molar-refractivity contribution in [2.75, 3.05) is 39.3 Å². The molecule has 0 aliphatic carbocycles. The summed E-state index contributed by atoms with van der Waals surface area (Å²) in [5.74, 6) is -0.206. The number of sulfonamides is 1. The van der Waals surface area contributed by atoms with Crippen molar-refractivity contribution in [2.45, 2.75) is 56.9 Å². The predicted molar refractivity (Wildman–Crippen MR) is 147 cm³/mol. The first-order valence-electron chi connectivity index (χ1n) is 12.9. The normalized spacial score (nSPS) is 15.1. The molecule has 2 aromatic rings. The second-order valence-corrected chi connectivity index (χ2v) is 12.2. The van der Waals surface area contributed by atoms with Crippen molar-refractivity contribution >= 4 is 39.1 Å². The average Bonchev–Trinajstić information content (AvgIpc) is 2.89. The molecule has 0 saturated carbocycles. The largest absolute Gasteiger partial charge is 0.337 e. The molecular formula is C27H36Cl2FN3O3S. The highest BCUT2D eigenvalue weighted by Gasteiger charge is 2.30. The summed E-state index contributed by atoms with van der Waals surface area (Å²) in [6.07, 6.45) is 5.87. The van der Waals surface area contributed by atoms with Gasteiger partial charge < -0.3 is 4.90 Å². The maximum atomic E-state index is 13.4. The third-order valence-corrected chi connectivity index (χ3v) is 9.28. The van der Waals surface area contributed by atoms with E-state index in [4.69, 9.17) is 23.2 Å². The molecule has 0 aromatic heterocycles. The van der Waals surface area contributed by atoms with Crippen molar-refractivity contribution in [2.24, 2.45) is 0 Å². The van der Waals surface area contributed by atoms with Crippen LogP contribution in [-0.4, -0.2) is 67.7 Å². The molecule has 1 heterocycles. The summed E-state index contributed by atoms with van der Waals surface area (Å²) in [6.45, 7) is 5.50. The molecule has 204 valence electrons. The van der Waals surface area contributed by atoms with E-state index in [1.54, 1.807) is 18.2 Å². The van der Waals surface area contributed by atoms with Gasteiger partial charge in [-0.15, -0.1) is 0 Å². The van der Waals surface area contributed by atoms with E-state index in [0.717, 1.165) is 31.2 Å². The van der Waals surface area contributed by atoms with Gasteiger partial charge in [0.2, 0.25) is 15.9 Å². The van der Waals surface area contributed by atoms with Gasteiger partial charge in [0, 0.05) is 57.3 Å². The van der Waals surface area contributed by atoms with Crippen LogP contribution in [-0.2, 0) is 21.4 Å². The third kappa shape index (κ3) is 8.93. The van der Waals surface area contributed by atoms with Crippen LogP contribution in [0.4, 0.5) is 4.39 Å². The molecule has 1 fully saturated rings. The lowest BCUT2D eigenvalue weighted by atomic mass is 10.1. The van der Waals surface area contributed by atoms with Gasteiger partial charge in [-0.05, 0) is 42.3 Å². The maximum Gasteiger partial charge on any atom is 0.244 e. The first-order chi connectivity index (χ1) is 17.7. The van der Waals surface area contributed by atoms with Gasteiger partial charge >= 0.3 is 0 Å². The van der Waals surface area contributed by atoms with Crippen molar-refractivity contribution in [1.29, 1.82) is 0 Å². The van der Waals surface area contributed by atoms with E-state index in [1.165, 1.54) is 35.0 Å². The Morgan fingerprint density at radius 2 is 1.65 bits per heavy atom. The highest BCUT2D eigenvalue weighted by atomic mass is 35.5. The number of nitrogens with zero attached hydrogens (tertiary/aromatic N) is 3. The zero-order valence-electron chi connectivity index (χ0n) is 21.3. The van der Waals surface area contributed by atoms with E-state index < -0.39 is 10.0 Å². The highest BCUT2D eigenvalue weighted by molar-refractivity contribution is 7.89. The number of piperazine rings is 1. The Hall–Kier alpha value is -1.71. The van der Waals surface area contributed by atoms with Gasteiger partial charge in [-0.3, -0.25) is 9.69 Å². The number of hydrogen-bond donors (Lipinski definition) is 0. The van der Waals surface area contributed by atoms with E-state index in [-0.39, 0.29) is 21.6 Å². The number of carbonyl (C=O) groups is 1. The van der Waals surface area contributed by atoms with Crippen LogP contribution in [0.3, 0.4) is 0 Å². The summed E-state index contributed by atoms with van der Waals surface area (Å²) in [5, 5.41) is 0.467. The smallest absolute Gasteiger partial charge is 0.244 e. The lowest BCUT2D eigenvalue weighted by Crippen LogP contribution is -2.50. The second kappa shape index (κ2) is 14.4. The maximum absolute atomic E-state index is 13.4. The van der Waals surface area contributed by atoms with Crippen LogP contribution in [0.1, 0.15) is 51.0 Å². The fourth-order valence-electron chi connectivity index (χ4n) is 4.41. The van der Waals surface area contributed by atoms with Crippen molar-refractivity contribution in [3.63, 3.8) is 0 Å². The number of hydrogen-bond acceptors (Lipinski definition) is 4. The number of benzene rings is 2. The molecule has 0 spiro atoms. The number of rotatable bonds is 13. The van der Waals surface area contributed by atoms with E-state index in [0.29, 0.717) is 57.3 Å². The first-order valence-corrected chi connectivity index (χ1v) is 15.1. The minimum absolute atomic E-state index is 0.0186. The Morgan fingerprint density at radius 1 is 0.973 bits per heavy atom. The van der Waals surface area contributed by atoms with E-state index in [9.17, 15) is 17.6 Å². The summed E-state index contributed by atoms with van der Waals surface area (Å²) in [6, 6.07) is 10.7. The number of halogens is 3. The van der Waals surface area contributed by atoms with Crippen molar-refractivity contribution in [3.8, 4) is 0 Å². The molecule has 0 bridgehead atoms. The quantitative estimate of drug-likeness (QED) is 0.284. The van der Waals surface area contributed by atoms with Crippen LogP contribution in [0.15, 0.2) is 47.4 Å². The summed E-state index contributed by atoms with van der Waals surface area (Å²) in [5.41, 5.74) is 0.884. The Balaban J connectivity index is 1.56. The van der Waals surface area contributed by atoms with Gasteiger partial charge in [-0.25, -0.2) is 12.8 Å². The average molecular weight is 573 g/mol. The zero-order valence-corrected chi connectivity index (χ0v) is 23.7. The van der Waals surface area contributed by atoms with Crippen molar-refractivity contribution in [1.82, 2.24) is 14.1 Å². The molecule has 1 aliphatic heterocycles. The standard InChI is InChI=1S/C27H36Cl2FN3O3S/c1-2-3-4-5-6-7-27(34)32(21-22-8-11-24(30)12-9-22)17-14-31-15-18-33(19-16-31)37(35,36)26-20-23(28)10-13-25(26)29/h8-13,20H,2-7,14-19,21H2,1H3. The van der Waals surface area contributed by atoms with Crippen LogP contribution in [0.2, 0.25) is 10.0 Å². The molecule has 0 radical (unpaired) electrons. The minimum atomic E-state index is -3.75. The van der Waals surface area contributed by atoms with Gasteiger partial charge in [0.1, 0.15) is 10.7 Å². The molecule has 1 saturated heterocycles. The van der Waals surface area contributed by atoms with Gasteiger partial charge in [0.25, 0.3) is 0 Å². The Labute approximate surface area is 230 Å². The van der Waals surface area contributed by atoms with Gasteiger partial charge in [0.05, 0.1) is 5.02 Å². The fraction of sp³-hybridized carbons (Fsp3) is 0.519. The first kappa shape index (κ1) is 29.8. The Kier molecular flexibility index (Phi) is 11.7. The minimum Gasteiger partial charge on any atom is -0.337 e. The molecule has 0 unspecified atom stereocenters. The molecule has 0 N–H and O–H groups in total. The number of amides is 1. The van der Waals surface area contributed by atoms with Crippen LogP contribution in [0.25, 0.3) is 0 Å². The van der Waals surface area contributed by atoms with E-state index in [2.05, 4.69) is 11.8 Å². The molecule has 1 amide bonds. The Morgan fingerprint density at radius 3 is 2.32 bits per heavy atom. The number of carbonyl (C=O) groups excluding carboxylic acids is 1. The van der Waals surface area contributed by atoms with Crippen LogP contribution >= 0.6 is 23.2 Å². The summed E-state index contributed by atoms with van der Waals surface area (Å²) < 4.78 is 41.0. The van der Waals surface area contributed by atoms with E-state index >= 15 is 0 Å². The molecule has 6 nitrogen and oxygen atoms in total. The summed E-state index contributed by atoms with van der Waals surface area (Å²) in [7, 11) is -3.75. The predicted octanol–water partition coefficient (Wildman–Crippen LogP) is 5.83. The van der Waals surface area contributed by atoms with Crippen LogP contribution in [0.5, 0.6) is 0 Å². The second-order valence-electron chi connectivity index (χ2n) is 9.43.